The fraction of sp³-hybridized carbons (Fsp3) is 0.706. The zero-order valence-corrected chi connectivity index (χ0v) is 18.6. The number of hydrogen-bond acceptors (Lipinski definition) is 4. The molecule has 1 aliphatic rings. The Balaban J connectivity index is 0.00000392. The van der Waals surface area contributed by atoms with Gasteiger partial charge in [0.05, 0.1) is 19.1 Å². The van der Waals surface area contributed by atoms with Gasteiger partial charge in [0, 0.05) is 38.4 Å². The molecule has 1 fully saturated rings. The fourth-order valence-electron chi connectivity index (χ4n) is 3.10. The minimum absolute atomic E-state index is 0. The lowest BCUT2D eigenvalue weighted by molar-refractivity contribution is -0.149. The maximum atomic E-state index is 13.1. The van der Waals surface area contributed by atoms with E-state index in [0.29, 0.717) is 32.2 Å². The van der Waals surface area contributed by atoms with Crippen LogP contribution in [-0.4, -0.2) is 52.9 Å². The lowest BCUT2D eigenvalue weighted by Crippen LogP contribution is -2.48. The van der Waals surface area contributed by atoms with Gasteiger partial charge in [-0.25, -0.2) is 4.99 Å². The number of nitrogens with zero attached hydrogens (tertiary/aromatic N) is 4. The molecule has 0 spiro atoms. The number of ether oxygens (including phenoxy) is 1. The van der Waals surface area contributed by atoms with Crippen molar-refractivity contribution in [2.45, 2.75) is 39.4 Å². The summed E-state index contributed by atoms with van der Waals surface area (Å²) in [6, 6.07) is 0. The summed E-state index contributed by atoms with van der Waals surface area (Å²) in [5.41, 5.74) is -0.910. The average Bonchev–Trinajstić information content (AvgIpc) is 3.00. The highest BCUT2D eigenvalue weighted by atomic mass is 127. The van der Waals surface area contributed by atoms with Crippen LogP contribution in [0.25, 0.3) is 0 Å². The van der Waals surface area contributed by atoms with E-state index in [1.165, 1.54) is 13.2 Å². The molecule has 2 heterocycles. The second-order valence-corrected chi connectivity index (χ2v) is 6.38. The van der Waals surface area contributed by atoms with Crippen LogP contribution in [0.1, 0.15) is 37.9 Å². The van der Waals surface area contributed by atoms with Crippen LogP contribution in [0, 0.1) is 5.92 Å². The highest BCUT2D eigenvalue weighted by Gasteiger charge is 2.37. The summed E-state index contributed by atoms with van der Waals surface area (Å²) in [5.74, 6) is -0.0141. The SMILES string of the molecule is CCNC(=NCc1cn(C)nc1C(F)(F)F)N1CCCC(C(=O)OCC)C1.I. The summed E-state index contributed by atoms with van der Waals surface area (Å²) in [4.78, 5) is 18.3. The third kappa shape index (κ3) is 6.52. The smallest absolute Gasteiger partial charge is 0.435 e. The largest absolute Gasteiger partial charge is 0.466 e. The zero-order valence-electron chi connectivity index (χ0n) is 16.3. The molecule has 1 atom stereocenters. The van der Waals surface area contributed by atoms with Gasteiger partial charge in [0.25, 0.3) is 0 Å². The number of piperidine rings is 1. The van der Waals surface area contributed by atoms with Crippen LogP contribution in [0.3, 0.4) is 0 Å². The Bertz CT molecular complexity index is 678. The minimum atomic E-state index is -4.52. The lowest BCUT2D eigenvalue weighted by Gasteiger charge is -2.34. The van der Waals surface area contributed by atoms with Gasteiger partial charge in [-0.05, 0) is 26.7 Å². The van der Waals surface area contributed by atoms with E-state index in [1.807, 2.05) is 11.8 Å². The van der Waals surface area contributed by atoms with Crippen LogP contribution in [0.4, 0.5) is 13.2 Å². The molecule has 1 aliphatic heterocycles. The molecule has 7 nitrogen and oxygen atoms in total. The van der Waals surface area contributed by atoms with Crippen LogP contribution in [0.5, 0.6) is 0 Å². The second kappa shape index (κ2) is 10.9. The Labute approximate surface area is 179 Å². The Morgan fingerprint density at radius 1 is 1.43 bits per heavy atom. The molecule has 0 saturated carbocycles. The van der Waals surface area contributed by atoms with E-state index in [0.717, 1.165) is 17.5 Å². The van der Waals surface area contributed by atoms with Crippen molar-refractivity contribution in [3.8, 4) is 0 Å². The van der Waals surface area contributed by atoms with Crippen molar-refractivity contribution in [3.05, 3.63) is 17.5 Å². The maximum Gasteiger partial charge on any atom is 0.435 e. The molecule has 0 aliphatic carbocycles. The van der Waals surface area contributed by atoms with Crippen LogP contribution in [-0.2, 0) is 29.3 Å². The van der Waals surface area contributed by atoms with Gasteiger partial charge in [-0.2, -0.15) is 18.3 Å². The van der Waals surface area contributed by atoms with Gasteiger partial charge in [0.1, 0.15) is 0 Å². The van der Waals surface area contributed by atoms with Gasteiger partial charge in [0.15, 0.2) is 11.7 Å². The van der Waals surface area contributed by atoms with Crippen molar-refractivity contribution in [2.24, 2.45) is 18.0 Å². The van der Waals surface area contributed by atoms with Crippen LogP contribution in [0.15, 0.2) is 11.2 Å². The number of carbonyl (C=O) groups is 1. The van der Waals surface area contributed by atoms with E-state index in [-0.39, 0.29) is 48.0 Å². The molecule has 0 amide bonds. The van der Waals surface area contributed by atoms with E-state index in [2.05, 4.69) is 15.4 Å². The number of alkyl halides is 3. The fourth-order valence-corrected chi connectivity index (χ4v) is 3.10. The van der Waals surface area contributed by atoms with Crippen molar-refractivity contribution in [2.75, 3.05) is 26.2 Å². The number of rotatable bonds is 5. The molecule has 1 aromatic heterocycles. The second-order valence-electron chi connectivity index (χ2n) is 6.38. The third-order valence-corrected chi connectivity index (χ3v) is 4.25. The molecule has 160 valence electrons. The number of aryl methyl sites for hydroxylation is 1. The van der Waals surface area contributed by atoms with Gasteiger partial charge >= 0.3 is 12.1 Å². The first-order chi connectivity index (χ1) is 12.8. The van der Waals surface area contributed by atoms with E-state index in [4.69, 9.17) is 4.74 Å². The van der Waals surface area contributed by atoms with Crippen LogP contribution >= 0.6 is 24.0 Å². The molecule has 0 bridgehead atoms. The number of guanidine groups is 1. The first-order valence-corrected chi connectivity index (χ1v) is 9.05. The molecule has 0 aromatic carbocycles. The summed E-state index contributed by atoms with van der Waals surface area (Å²) < 4.78 is 45.5. The van der Waals surface area contributed by atoms with E-state index in [9.17, 15) is 18.0 Å². The molecule has 0 radical (unpaired) electrons. The normalized spacial score (nSPS) is 17.9. The number of aliphatic imine (C=N–C) groups is 1. The molecular formula is C17H27F3IN5O2. The molecule has 2 rings (SSSR count). The molecular weight excluding hydrogens is 490 g/mol. The predicted molar refractivity (Wildman–Crippen MR) is 109 cm³/mol. The lowest BCUT2D eigenvalue weighted by atomic mass is 9.98. The summed E-state index contributed by atoms with van der Waals surface area (Å²) in [6.45, 7) is 5.50. The summed E-state index contributed by atoms with van der Waals surface area (Å²) in [5, 5.41) is 6.60. The predicted octanol–water partition coefficient (Wildman–Crippen LogP) is 2.80. The zero-order chi connectivity index (χ0) is 20.0. The Kier molecular flexibility index (Phi) is 9.51. The average molecular weight is 517 g/mol. The van der Waals surface area contributed by atoms with Crippen molar-refractivity contribution in [1.82, 2.24) is 20.0 Å². The number of esters is 1. The Morgan fingerprint density at radius 3 is 2.75 bits per heavy atom. The van der Waals surface area contributed by atoms with Crippen molar-refractivity contribution < 1.29 is 22.7 Å². The number of likely N-dealkylation sites (tertiary alicyclic amines) is 1. The Hall–Kier alpha value is -1.53. The monoisotopic (exact) mass is 517 g/mol. The first-order valence-electron chi connectivity index (χ1n) is 9.05. The van der Waals surface area contributed by atoms with E-state index >= 15 is 0 Å². The molecule has 28 heavy (non-hydrogen) atoms. The highest BCUT2D eigenvalue weighted by Crippen LogP contribution is 2.31. The van der Waals surface area contributed by atoms with Crippen molar-refractivity contribution in [1.29, 1.82) is 0 Å². The van der Waals surface area contributed by atoms with E-state index < -0.39 is 11.9 Å². The Morgan fingerprint density at radius 2 is 2.14 bits per heavy atom. The first kappa shape index (κ1) is 24.5. The highest BCUT2D eigenvalue weighted by molar-refractivity contribution is 14.0. The maximum absolute atomic E-state index is 13.1. The van der Waals surface area contributed by atoms with Crippen molar-refractivity contribution in [3.63, 3.8) is 0 Å². The molecule has 1 unspecified atom stereocenters. The van der Waals surface area contributed by atoms with Gasteiger partial charge in [-0.15, -0.1) is 24.0 Å². The third-order valence-electron chi connectivity index (χ3n) is 4.25. The van der Waals surface area contributed by atoms with E-state index in [1.54, 1.807) is 6.92 Å². The van der Waals surface area contributed by atoms with Gasteiger partial charge in [-0.1, -0.05) is 0 Å². The quantitative estimate of drug-likeness (QED) is 0.282. The summed E-state index contributed by atoms with van der Waals surface area (Å²) in [7, 11) is 1.45. The number of hydrogen-bond donors (Lipinski definition) is 1. The van der Waals surface area contributed by atoms with Gasteiger partial charge < -0.3 is 15.0 Å². The number of carbonyl (C=O) groups excluding carboxylic acids is 1. The van der Waals surface area contributed by atoms with Crippen molar-refractivity contribution >= 4 is 35.9 Å². The topological polar surface area (TPSA) is 71.8 Å². The molecule has 1 N–H and O–H groups in total. The van der Waals surface area contributed by atoms with Gasteiger partial charge in [0.2, 0.25) is 0 Å². The number of nitrogens with one attached hydrogen (secondary N) is 1. The minimum Gasteiger partial charge on any atom is -0.466 e. The van der Waals surface area contributed by atoms with Crippen LogP contribution in [0.2, 0.25) is 0 Å². The van der Waals surface area contributed by atoms with Crippen LogP contribution < -0.4 is 5.32 Å². The summed E-state index contributed by atoms with van der Waals surface area (Å²) in [6.07, 6.45) is -1.68. The number of halogens is 4. The standard InChI is InChI=1S/C17H26F3N5O2.HI/c1-4-21-16(25-8-6-7-12(11-25)15(26)27-5-2)22-9-13-10-24(3)23-14(13)17(18,19)20;/h10,12H,4-9,11H2,1-3H3,(H,21,22);1H. The molecule has 1 saturated heterocycles. The number of aromatic nitrogens is 2. The summed E-state index contributed by atoms with van der Waals surface area (Å²) >= 11 is 0. The van der Waals surface area contributed by atoms with Gasteiger partial charge in [-0.3, -0.25) is 9.48 Å². The molecule has 1 aromatic rings. The molecule has 11 heteroatoms.